The molecule has 1 aliphatic carbocycles. The number of hydrazine groups is 1. The summed E-state index contributed by atoms with van der Waals surface area (Å²) < 4.78 is 13.7. The lowest BCUT2D eigenvalue weighted by atomic mass is 9.73. The molecule has 0 aromatic carbocycles. The number of hydrogen-bond acceptors (Lipinski definition) is 5. The zero-order valence-corrected chi connectivity index (χ0v) is 12.9. The summed E-state index contributed by atoms with van der Waals surface area (Å²) >= 11 is 3.55. The first-order chi connectivity index (χ1) is 9.18. The first kappa shape index (κ1) is 14.9. The largest absolute Gasteiger partial charge is 0.383 e. The van der Waals surface area contributed by atoms with Crippen molar-refractivity contribution in [3.8, 4) is 0 Å². The topological polar surface area (TPSA) is 74.3 Å². The van der Waals surface area contributed by atoms with Crippen molar-refractivity contribution >= 4 is 15.9 Å². The first-order valence-electron chi connectivity index (χ1n) is 6.40. The Labute approximate surface area is 121 Å². The Morgan fingerprint density at radius 3 is 2.79 bits per heavy atom. The number of ether oxygens (including phenoxy) is 2. The summed E-state index contributed by atoms with van der Waals surface area (Å²) in [4.78, 5) is 0. The van der Waals surface area contributed by atoms with E-state index in [2.05, 4.69) is 26.5 Å². The zero-order chi connectivity index (χ0) is 13.9. The monoisotopic (exact) mass is 332 g/mol. The molecule has 6 nitrogen and oxygen atoms in total. The molecule has 1 aromatic heterocycles. The molecular formula is C12H21BrN4O2. The van der Waals surface area contributed by atoms with E-state index in [1.807, 2.05) is 4.68 Å². The van der Waals surface area contributed by atoms with E-state index in [9.17, 15) is 0 Å². The summed E-state index contributed by atoms with van der Waals surface area (Å²) in [5.74, 6) is 5.78. The molecule has 1 saturated carbocycles. The molecule has 0 radical (unpaired) electrons. The van der Waals surface area contributed by atoms with Crippen LogP contribution < -0.4 is 11.3 Å². The second kappa shape index (κ2) is 6.32. The molecule has 0 aliphatic heterocycles. The molecule has 2 rings (SSSR count). The average molecular weight is 333 g/mol. The van der Waals surface area contributed by atoms with Gasteiger partial charge in [-0.3, -0.25) is 10.5 Å². The molecular weight excluding hydrogens is 312 g/mol. The van der Waals surface area contributed by atoms with Crippen LogP contribution in [0.15, 0.2) is 10.7 Å². The Bertz CT molecular complexity index is 414. The van der Waals surface area contributed by atoms with Crippen LogP contribution >= 0.6 is 15.9 Å². The SMILES string of the molecule is COCCn1ncc(Br)c1C(NN)C1(OC)CCC1. The third-order valence-electron chi connectivity index (χ3n) is 3.91. The summed E-state index contributed by atoms with van der Waals surface area (Å²) in [5.41, 5.74) is 3.68. The van der Waals surface area contributed by atoms with E-state index in [1.165, 1.54) is 0 Å². The molecule has 7 heteroatoms. The van der Waals surface area contributed by atoms with Crippen LogP contribution in [-0.2, 0) is 16.0 Å². The number of rotatable bonds is 7. The highest BCUT2D eigenvalue weighted by Crippen LogP contribution is 2.45. The van der Waals surface area contributed by atoms with E-state index in [0.717, 1.165) is 29.4 Å². The third kappa shape index (κ3) is 2.71. The molecule has 0 bridgehead atoms. The fourth-order valence-corrected chi connectivity index (χ4v) is 3.16. The van der Waals surface area contributed by atoms with Gasteiger partial charge in [-0.2, -0.15) is 5.10 Å². The smallest absolute Gasteiger partial charge is 0.0929 e. The third-order valence-corrected chi connectivity index (χ3v) is 4.52. The van der Waals surface area contributed by atoms with Crippen molar-refractivity contribution in [2.75, 3.05) is 20.8 Å². The Kier molecular flexibility index (Phi) is 4.97. The van der Waals surface area contributed by atoms with Crippen LogP contribution in [0.1, 0.15) is 31.0 Å². The molecule has 1 aliphatic rings. The number of methoxy groups -OCH3 is 2. The fourth-order valence-electron chi connectivity index (χ4n) is 2.63. The van der Waals surface area contributed by atoms with Crippen molar-refractivity contribution in [1.29, 1.82) is 0 Å². The van der Waals surface area contributed by atoms with Crippen molar-refractivity contribution in [1.82, 2.24) is 15.2 Å². The van der Waals surface area contributed by atoms with Gasteiger partial charge in [0.05, 0.1) is 41.2 Å². The zero-order valence-electron chi connectivity index (χ0n) is 11.4. The van der Waals surface area contributed by atoms with Crippen LogP contribution in [0.2, 0.25) is 0 Å². The first-order valence-corrected chi connectivity index (χ1v) is 7.19. The van der Waals surface area contributed by atoms with Crippen molar-refractivity contribution in [3.63, 3.8) is 0 Å². The maximum Gasteiger partial charge on any atom is 0.0929 e. The lowest BCUT2D eigenvalue weighted by Crippen LogP contribution is -2.53. The van der Waals surface area contributed by atoms with Crippen molar-refractivity contribution in [3.05, 3.63) is 16.4 Å². The van der Waals surface area contributed by atoms with Crippen LogP contribution in [0.3, 0.4) is 0 Å². The molecule has 1 atom stereocenters. The number of nitrogens with zero attached hydrogens (tertiary/aromatic N) is 2. The minimum Gasteiger partial charge on any atom is -0.383 e. The number of aromatic nitrogens is 2. The van der Waals surface area contributed by atoms with Gasteiger partial charge >= 0.3 is 0 Å². The summed E-state index contributed by atoms with van der Waals surface area (Å²) in [6.45, 7) is 1.30. The molecule has 3 N–H and O–H groups in total. The van der Waals surface area contributed by atoms with E-state index >= 15 is 0 Å². The minimum absolute atomic E-state index is 0.0834. The van der Waals surface area contributed by atoms with E-state index < -0.39 is 0 Å². The predicted molar refractivity (Wildman–Crippen MR) is 75.5 cm³/mol. The van der Waals surface area contributed by atoms with E-state index in [1.54, 1.807) is 20.4 Å². The van der Waals surface area contributed by atoms with Crippen LogP contribution in [0.5, 0.6) is 0 Å². The van der Waals surface area contributed by atoms with Crippen molar-refractivity contribution < 1.29 is 9.47 Å². The maximum absolute atomic E-state index is 5.78. The maximum atomic E-state index is 5.78. The molecule has 108 valence electrons. The van der Waals surface area contributed by atoms with Gasteiger partial charge in [0, 0.05) is 14.2 Å². The van der Waals surface area contributed by atoms with Gasteiger partial charge in [0.25, 0.3) is 0 Å². The Morgan fingerprint density at radius 1 is 1.58 bits per heavy atom. The molecule has 0 saturated heterocycles. The molecule has 1 unspecified atom stereocenters. The fraction of sp³-hybridized carbons (Fsp3) is 0.750. The highest BCUT2D eigenvalue weighted by molar-refractivity contribution is 9.10. The highest BCUT2D eigenvalue weighted by atomic mass is 79.9. The van der Waals surface area contributed by atoms with Crippen LogP contribution in [0, 0.1) is 0 Å². The number of halogens is 1. The highest BCUT2D eigenvalue weighted by Gasteiger charge is 2.46. The van der Waals surface area contributed by atoms with E-state index in [4.69, 9.17) is 15.3 Å². The number of nitrogens with two attached hydrogens (primary N) is 1. The second-order valence-corrected chi connectivity index (χ2v) is 5.67. The van der Waals surface area contributed by atoms with Gasteiger partial charge in [0.2, 0.25) is 0 Å². The lowest BCUT2D eigenvalue weighted by molar-refractivity contribution is -0.102. The summed E-state index contributed by atoms with van der Waals surface area (Å²) in [7, 11) is 3.42. The average Bonchev–Trinajstić information content (AvgIpc) is 2.72. The van der Waals surface area contributed by atoms with Gasteiger partial charge in [-0.1, -0.05) is 0 Å². The Balaban J connectivity index is 2.29. The molecule has 1 fully saturated rings. The standard InChI is InChI=1S/C12H21BrN4O2/c1-18-7-6-17-10(9(13)8-15-17)11(16-14)12(19-2)4-3-5-12/h8,11,16H,3-7,14H2,1-2H3. The minimum atomic E-state index is -0.234. The summed E-state index contributed by atoms with van der Waals surface area (Å²) in [6.07, 6.45) is 4.95. The Morgan fingerprint density at radius 2 is 2.32 bits per heavy atom. The number of nitrogens with one attached hydrogen (secondary N) is 1. The van der Waals surface area contributed by atoms with Gasteiger partial charge in [-0.05, 0) is 35.2 Å². The van der Waals surface area contributed by atoms with Crippen molar-refractivity contribution in [2.45, 2.75) is 37.5 Å². The van der Waals surface area contributed by atoms with Crippen molar-refractivity contribution in [2.24, 2.45) is 5.84 Å². The van der Waals surface area contributed by atoms with Gasteiger partial charge in [-0.25, -0.2) is 5.43 Å². The molecule has 0 amide bonds. The van der Waals surface area contributed by atoms with Gasteiger partial charge in [-0.15, -0.1) is 0 Å². The molecule has 0 spiro atoms. The summed E-state index contributed by atoms with van der Waals surface area (Å²) in [6, 6.07) is -0.0834. The molecule has 19 heavy (non-hydrogen) atoms. The van der Waals surface area contributed by atoms with Crippen LogP contribution in [0.25, 0.3) is 0 Å². The lowest BCUT2D eigenvalue weighted by Gasteiger charge is -2.46. The number of hydrogen-bond donors (Lipinski definition) is 2. The summed E-state index contributed by atoms with van der Waals surface area (Å²) in [5, 5.41) is 4.37. The van der Waals surface area contributed by atoms with E-state index in [0.29, 0.717) is 13.2 Å². The van der Waals surface area contributed by atoms with E-state index in [-0.39, 0.29) is 11.6 Å². The Hall–Kier alpha value is -0.470. The van der Waals surface area contributed by atoms with Crippen LogP contribution in [0.4, 0.5) is 0 Å². The molecule has 1 heterocycles. The van der Waals surface area contributed by atoms with Gasteiger partial charge in [0.15, 0.2) is 0 Å². The van der Waals surface area contributed by atoms with Crippen LogP contribution in [-0.4, -0.2) is 36.2 Å². The van der Waals surface area contributed by atoms with Gasteiger partial charge < -0.3 is 9.47 Å². The molecule has 1 aromatic rings. The second-order valence-electron chi connectivity index (χ2n) is 4.82. The normalized spacial score (nSPS) is 19.2. The predicted octanol–water partition coefficient (Wildman–Crippen LogP) is 1.37. The quantitative estimate of drug-likeness (QED) is 0.582. The van der Waals surface area contributed by atoms with Gasteiger partial charge in [0.1, 0.15) is 0 Å².